The van der Waals surface area contributed by atoms with Gasteiger partial charge in [-0.05, 0) is 61.6 Å². The summed E-state index contributed by atoms with van der Waals surface area (Å²) in [4.78, 5) is 27.6. The third-order valence-corrected chi connectivity index (χ3v) is 5.18. The first-order chi connectivity index (χ1) is 13.9. The predicted molar refractivity (Wildman–Crippen MR) is 116 cm³/mol. The Morgan fingerprint density at radius 2 is 1.66 bits per heavy atom. The molecule has 156 valence electrons. The minimum absolute atomic E-state index is 0.0535. The van der Waals surface area contributed by atoms with Gasteiger partial charge in [-0.1, -0.05) is 37.3 Å². The lowest BCUT2D eigenvalue weighted by molar-refractivity contribution is -0.140. The highest BCUT2D eigenvalue weighted by molar-refractivity contribution is 5.88. The van der Waals surface area contributed by atoms with Crippen molar-refractivity contribution < 1.29 is 14.3 Å². The van der Waals surface area contributed by atoms with E-state index < -0.39 is 6.04 Å². The minimum Gasteiger partial charge on any atom is -0.497 e. The molecular formula is C24H32N2O3. The summed E-state index contributed by atoms with van der Waals surface area (Å²) in [5.41, 5.74) is 4.28. The van der Waals surface area contributed by atoms with Gasteiger partial charge in [0.2, 0.25) is 11.8 Å². The smallest absolute Gasteiger partial charge is 0.242 e. The fourth-order valence-corrected chi connectivity index (χ4v) is 3.33. The van der Waals surface area contributed by atoms with Crippen molar-refractivity contribution in [1.29, 1.82) is 0 Å². The summed E-state index contributed by atoms with van der Waals surface area (Å²) in [6, 6.07) is 13.2. The molecule has 0 aliphatic heterocycles. The van der Waals surface area contributed by atoms with Gasteiger partial charge in [0, 0.05) is 13.1 Å². The quantitative estimate of drug-likeness (QED) is 0.701. The number of carbonyl (C=O) groups is 2. The van der Waals surface area contributed by atoms with E-state index in [2.05, 4.69) is 12.2 Å². The maximum Gasteiger partial charge on any atom is 0.242 e. The maximum absolute atomic E-state index is 13.3. The summed E-state index contributed by atoms with van der Waals surface area (Å²) < 4.78 is 5.22. The van der Waals surface area contributed by atoms with Crippen molar-refractivity contribution >= 4 is 11.8 Å². The predicted octanol–water partition coefficient (Wildman–Crippen LogP) is 3.80. The normalized spacial score (nSPS) is 11.6. The van der Waals surface area contributed by atoms with E-state index in [1.165, 1.54) is 5.56 Å². The molecule has 0 aliphatic rings. The fourth-order valence-electron chi connectivity index (χ4n) is 3.33. The van der Waals surface area contributed by atoms with E-state index in [-0.39, 0.29) is 18.2 Å². The molecule has 0 bridgehead atoms. The molecule has 5 heteroatoms. The van der Waals surface area contributed by atoms with Gasteiger partial charge in [-0.15, -0.1) is 0 Å². The molecule has 0 saturated heterocycles. The van der Waals surface area contributed by atoms with Gasteiger partial charge >= 0.3 is 0 Å². The first kappa shape index (κ1) is 22.5. The van der Waals surface area contributed by atoms with Crippen LogP contribution in [0.1, 0.15) is 42.5 Å². The summed E-state index contributed by atoms with van der Waals surface area (Å²) >= 11 is 0. The van der Waals surface area contributed by atoms with Crippen LogP contribution in [-0.4, -0.2) is 36.4 Å². The summed E-state index contributed by atoms with van der Waals surface area (Å²) in [6.45, 7) is 8.83. The molecule has 0 fully saturated rings. The lowest BCUT2D eigenvalue weighted by Gasteiger charge is -2.30. The second-order valence-corrected chi connectivity index (χ2v) is 7.28. The van der Waals surface area contributed by atoms with Crippen LogP contribution in [0.4, 0.5) is 0 Å². The number of hydrogen-bond donors (Lipinski definition) is 1. The fraction of sp³-hybridized carbons (Fsp3) is 0.417. The molecule has 29 heavy (non-hydrogen) atoms. The van der Waals surface area contributed by atoms with Gasteiger partial charge in [-0.3, -0.25) is 9.59 Å². The molecule has 0 unspecified atom stereocenters. The van der Waals surface area contributed by atoms with Crippen LogP contribution in [0, 0.1) is 13.8 Å². The number of likely N-dealkylation sites (N-methyl/N-ethyl adjacent to an activating group) is 1. The zero-order valence-electron chi connectivity index (χ0n) is 18.1. The lowest BCUT2D eigenvalue weighted by atomic mass is 10.0. The zero-order valence-corrected chi connectivity index (χ0v) is 18.1. The van der Waals surface area contributed by atoms with Crippen molar-refractivity contribution in [3.05, 3.63) is 64.7 Å². The third kappa shape index (κ3) is 6.08. The van der Waals surface area contributed by atoms with Crippen molar-refractivity contribution in [2.24, 2.45) is 0 Å². The Labute approximate surface area is 174 Å². The molecule has 0 spiro atoms. The van der Waals surface area contributed by atoms with Gasteiger partial charge in [0.25, 0.3) is 0 Å². The average molecular weight is 397 g/mol. The maximum atomic E-state index is 13.3. The van der Waals surface area contributed by atoms with Gasteiger partial charge in [-0.2, -0.15) is 0 Å². The van der Waals surface area contributed by atoms with E-state index in [4.69, 9.17) is 4.74 Å². The van der Waals surface area contributed by atoms with Gasteiger partial charge in [-0.25, -0.2) is 0 Å². The van der Waals surface area contributed by atoms with E-state index in [1.54, 1.807) is 12.0 Å². The van der Waals surface area contributed by atoms with Gasteiger partial charge < -0.3 is 15.0 Å². The number of ether oxygens (including phenoxy) is 1. The van der Waals surface area contributed by atoms with E-state index in [9.17, 15) is 9.59 Å². The van der Waals surface area contributed by atoms with Crippen LogP contribution in [0.5, 0.6) is 5.75 Å². The molecule has 0 aliphatic carbocycles. The van der Waals surface area contributed by atoms with Crippen LogP contribution < -0.4 is 10.1 Å². The van der Waals surface area contributed by atoms with Crippen molar-refractivity contribution in [3.63, 3.8) is 0 Å². The first-order valence-electron chi connectivity index (χ1n) is 10.2. The second-order valence-electron chi connectivity index (χ2n) is 7.28. The Bertz CT molecular complexity index is 831. The van der Waals surface area contributed by atoms with Crippen LogP contribution in [0.2, 0.25) is 0 Å². The number of hydrogen-bond acceptors (Lipinski definition) is 3. The average Bonchev–Trinajstić information content (AvgIpc) is 2.71. The Morgan fingerprint density at radius 3 is 2.21 bits per heavy atom. The number of benzene rings is 2. The Kier molecular flexibility index (Phi) is 8.25. The molecule has 0 radical (unpaired) electrons. The number of methoxy groups -OCH3 is 1. The standard InChI is InChI=1S/C24H32N2O3/c1-6-22(24(28)25-7-2)26(16-19-10-12-21(29-5)13-11-19)23(27)15-20-9-8-17(3)18(4)14-20/h8-14,22H,6-7,15-16H2,1-5H3,(H,25,28)/t22-/m1/s1. The molecule has 0 heterocycles. The van der Waals surface area contributed by atoms with E-state index >= 15 is 0 Å². The second kappa shape index (κ2) is 10.6. The highest BCUT2D eigenvalue weighted by Gasteiger charge is 2.28. The third-order valence-electron chi connectivity index (χ3n) is 5.18. The minimum atomic E-state index is -0.504. The van der Waals surface area contributed by atoms with E-state index in [0.717, 1.165) is 22.4 Å². The highest BCUT2D eigenvalue weighted by atomic mass is 16.5. The highest BCUT2D eigenvalue weighted by Crippen LogP contribution is 2.18. The summed E-state index contributed by atoms with van der Waals surface area (Å²) in [7, 11) is 1.62. The molecule has 2 aromatic carbocycles. The molecule has 0 aromatic heterocycles. The van der Waals surface area contributed by atoms with Crippen LogP contribution in [-0.2, 0) is 22.6 Å². The van der Waals surface area contributed by atoms with E-state index in [1.807, 2.05) is 63.2 Å². The molecular weight excluding hydrogens is 364 g/mol. The van der Waals surface area contributed by atoms with Crippen LogP contribution in [0.25, 0.3) is 0 Å². The molecule has 1 N–H and O–H groups in total. The number of aryl methyl sites for hydroxylation is 2. The van der Waals surface area contributed by atoms with Crippen LogP contribution in [0.3, 0.4) is 0 Å². The van der Waals surface area contributed by atoms with Gasteiger partial charge in [0.1, 0.15) is 11.8 Å². The summed E-state index contributed by atoms with van der Waals surface area (Å²) in [5.74, 6) is 0.594. The molecule has 1 atom stereocenters. The number of nitrogens with one attached hydrogen (secondary N) is 1. The van der Waals surface area contributed by atoms with Crippen molar-refractivity contribution in [3.8, 4) is 5.75 Å². The summed E-state index contributed by atoms with van der Waals surface area (Å²) in [6.07, 6.45) is 0.827. The van der Waals surface area contributed by atoms with Crippen LogP contribution >= 0.6 is 0 Å². The van der Waals surface area contributed by atoms with Gasteiger partial charge in [0.15, 0.2) is 0 Å². The Balaban J connectivity index is 2.28. The Hall–Kier alpha value is -2.82. The monoisotopic (exact) mass is 396 g/mol. The number of carbonyl (C=O) groups excluding carboxylic acids is 2. The summed E-state index contributed by atoms with van der Waals surface area (Å²) in [5, 5.41) is 2.86. The Morgan fingerprint density at radius 1 is 1.00 bits per heavy atom. The number of rotatable bonds is 9. The molecule has 2 aromatic rings. The van der Waals surface area contributed by atoms with E-state index in [0.29, 0.717) is 19.5 Å². The largest absolute Gasteiger partial charge is 0.497 e. The van der Waals surface area contributed by atoms with Gasteiger partial charge in [0.05, 0.1) is 13.5 Å². The molecule has 2 amide bonds. The van der Waals surface area contributed by atoms with Crippen molar-refractivity contribution in [2.45, 2.75) is 53.1 Å². The topological polar surface area (TPSA) is 58.6 Å². The SMILES string of the molecule is CCNC(=O)[C@@H](CC)N(Cc1ccc(OC)cc1)C(=O)Cc1ccc(C)c(C)c1. The number of nitrogens with zero attached hydrogens (tertiary/aromatic N) is 1. The molecule has 2 rings (SSSR count). The van der Waals surface area contributed by atoms with Crippen LogP contribution in [0.15, 0.2) is 42.5 Å². The molecule has 0 saturated carbocycles. The number of amides is 2. The van der Waals surface area contributed by atoms with Crippen molar-refractivity contribution in [2.75, 3.05) is 13.7 Å². The lowest BCUT2D eigenvalue weighted by Crippen LogP contribution is -2.49. The zero-order chi connectivity index (χ0) is 21.4. The van der Waals surface area contributed by atoms with Crippen molar-refractivity contribution in [1.82, 2.24) is 10.2 Å². The first-order valence-corrected chi connectivity index (χ1v) is 10.2. The molecule has 5 nitrogen and oxygen atoms in total.